The minimum atomic E-state index is -0.623. The molecule has 0 atom stereocenters. The van der Waals surface area contributed by atoms with Gasteiger partial charge in [0.05, 0.1) is 4.92 Å². The van der Waals surface area contributed by atoms with Gasteiger partial charge < -0.3 is 5.32 Å². The van der Waals surface area contributed by atoms with Crippen LogP contribution in [0.1, 0.15) is 20.7 Å². The summed E-state index contributed by atoms with van der Waals surface area (Å²) >= 11 is 5.76. The highest BCUT2D eigenvalue weighted by molar-refractivity contribution is 6.31. The first kappa shape index (κ1) is 14.7. The number of nitro benzene ring substituents is 1. The van der Waals surface area contributed by atoms with Crippen LogP contribution in [0.5, 0.6) is 0 Å². The van der Waals surface area contributed by atoms with Crippen molar-refractivity contribution in [3.05, 3.63) is 68.7 Å². The number of benzene rings is 2. The van der Waals surface area contributed by atoms with Crippen molar-refractivity contribution in [3.8, 4) is 0 Å². The average molecular weight is 305 g/mol. The van der Waals surface area contributed by atoms with Gasteiger partial charge >= 0.3 is 0 Å². The number of aldehydes is 1. The zero-order valence-corrected chi connectivity index (χ0v) is 11.3. The van der Waals surface area contributed by atoms with Crippen molar-refractivity contribution in [1.82, 2.24) is 0 Å². The molecule has 2 aromatic carbocycles. The lowest BCUT2D eigenvalue weighted by Gasteiger charge is -2.06. The Labute approximate surface area is 124 Å². The highest BCUT2D eigenvalue weighted by Gasteiger charge is 2.14. The number of nitrogens with one attached hydrogen (secondary N) is 1. The third kappa shape index (κ3) is 3.64. The van der Waals surface area contributed by atoms with Gasteiger partial charge in [0.25, 0.3) is 11.6 Å². The Morgan fingerprint density at radius 3 is 2.43 bits per heavy atom. The fourth-order valence-corrected chi connectivity index (χ4v) is 1.89. The van der Waals surface area contributed by atoms with E-state index in [0.717, 1.165) is 12.1 Å². The maximum atomic E-state index is 12.0. The molecule has 0 bridgehead atoms. The minimum Gasteiger partial charge on any atom is -0.322 e. The maximum Gasteiger partial charge on any atom is 0.271 e. The summed E-state index contributed by atoms with van der Waals surface area (Å²) in [6.45, 7) is 0. The molecule has 21 heavy (non-hydrogen) atoms. The van der Waals surface area contributed by atoms with Crippen molar-refractivity contribution >= 4 is 35.2 Å². The molecule has 1 N–H and O–H groups in total. The number of halogens is 1. The van der Waals surface area contributed by atoms with Crippen molar-refractivity contribution in [2.45, 2.75) is 0 Å². The molecule has 2 aromatic rings. The van der Waals surface area contributed by atoms with Gasteiger partial charge in [-0.15, -0.1) is 0 Å². The van der Waals surface area contributed by atoms with Crippen LogP contribution in [-0.4, -0.2) is 17.1 Å². The van der Waals surface area contributed by atoms with Gasteiger partial charge in [-0.25, -0.2) is 0 Å². The molecule has 0 saturated heterocycles. The number of rotatable bonds is 4. The summed E-state index contributed by atoms with van der Waals surface area (Å²) in [4.78, 5) is 32.7. The summed E-state index contributed by atoms with van der Waals surface area (Å²) in [5.41, 5.74) is 0.761. The molecule has 2 rings (SSSR count). The summed E-state index contributed by atoms with van der Waals surface area (Å²) in [6.07, 6.45) is 0.686. The summed E-state index contributed by atoms with van der Waals surface area (Å²) < 4.78 is 0. The number of hydrogen-bond donors (Lipinski definition) is 1. The van der Waals surface area contributed by atoms with Gasteiger partial charge in [-0.3, -0.25) is 19.7 Å². The molecule has 0 aromatic heterocycles. The molecule has 0 fully saturated rings. The number of hydrogen-bond acceptors (Lipinski definition) is 4. The number of carbonyl (C=O) groups is 2. The molecule has 0 aliphatic heterocycles. The van der Waals surface area contributed by atoms with Gasteiger partial charge in [-0.05, 0) is 30.3 Å². The van der Waals surface area contributed by atoms with Gasteiger partial charge in [0.1, 0.15) is 6.29 Å². The molecule has 0 unspecified atom stereocenters. The van der Waals surface area contributed by atoms with Crippen molar-refractivity contribution in [1.29, 1.82) is 0 Å². The lowest BCUT2D eigenvalue weighted by Crippen LogP contribution is -2.12. The second kappa shape index (κ2) is 6.15. The quantitative estimate of drug-likeness (QED) is 0.533. The molecule has 0 radical (unpaired) electrons. The molecule has 7 heteroatoms. The van der Waals surface area contributed by atoms with Crippen LogP contribution in [-0.2, 0) is 0 Å². The van der Waals surface area contributed by atoms with E-state index in [1.54, 1.807) is 24.3 Å². The smallest absolute Gasteiger partial charge is 0.271 e. The molecule has 1 amide bonds. The first-order valence-electron chi connectivity index (χ1n) is 5.81. The summed E-state index contributed by atoms with van der Waals surface area (Å²) in [5.74, 6) is -0.528. The summed E-state index contributed by atoms with van der Waals surface area (Å²) in [5, 5.41) is 13.4. The Bertz CT molecular complexity index is 713. The zero-order valence-electron chi connectivity index (χ0n) is 10.6. The summed E-state index contributed by atoms with van der Waals surface area (Å²) in [6, 6.07) is 9.84. The van der Waals surface area contributed by atoms with E-state index in [2.05, 4.69) is 5.32 Å². The Morgan fingerprint density at radius 1 is 1.19 bits per heavy atom. The Hall–Kier alpha value is -2.73. The molecule has 6 nitrogen and oxygen atoms in total. The fourth-order valence-electron chi connectivity index (χ4n) is 1.66. The number of non-ortho nitro benzene ring substituents is 1. The zero-order chi connectivity index (χ0) is 15.4. The lowest BCUT2D eigenvalue weighted by molar-refractivity contribution is -0.384. The number of amides is 1. The van der Waals surface area contributed by atoms with Crippen molar-refractivity contribution < 1.29 is 14.5 Å². The van der Waals surface area contributed by atoms with E-state index >= 15 is 0 Å². The average Bonchev–Trinajstić information content (AvgIpc) is 2.47. The third-order valence-corrected chi connectivity index (χ3v) is 2.88. The van der Waals surface area contributed by atoms with Crippen LogP contribution in [0.2, 0.25) is 5.02 Å². The number of anilines is 1. The van der Waals surface area contributed by atoms with E-state index in [1.807, 2.05) is 0 Å². The van der Waals surface area contributed by atoms with E-state index in [9.17, 15) is 19.7 Å². The highest BCUT2D eigenvalue weighted by Crippen LogP contribution is 2.21. The number of carbonyl (C=O) groups excluding carboxylic acids is 2. The second-order valence-electron chi connectivity index (χ2n) is 4.15. The van der Waals surface area contributed by atoms with Crippen LogP contribution >= 0.6 is 11.6 Å². The molecule has 0 spiro atoms. The van der Waals surface area contributed by atoms with Crippen LogP contribution < -0.4 is 5.32 Å². The highest BCUT2D eigenvalue weighted by atomic mass is 35.5. The second-order valence-corrected chi connectivity index (χ2v) is 4.59. The third-order valence-electron chi connectivity index (χ3n) is 2.66. The lowest BCUT2D eigenvalue weighted by atomic mass is 10.1. The van der Waals surface area contributed by atoms with Gasteiger partial charge in [-0.1, -0.05) is 11.6 Å². The van der Waals surface area contributed by atoms with Gasteiger partial charge in [0.2, 0.25) is 0 Å². The van der Waals surface area contributed by atoms with Gasteiger partial charge in [0.15, 0.2) is 0 Å². The molecule has 0 saturated carbocycles. The Morgan fingerprint density at radius 2 is 1.86 bits per heavy atom. The topological polar surface area (TPSA) is 89.3 Å². The predicted molar refractivity (Wildman–Crippen MR) is 77.9 cm³/mol. The van der Waals surface area contributed by atoms with Crippen LogP contribution in [0.3, 0.4) is 0 Å². The largest absolute Gasteiger partial charge is 0.322 e. The van der Waals surface area contributed by atoms with E-state index in [1.165, 1.54) is 6.07 Å². The van der Waals surface area contributed by atoms with E-state index < -0.39 is 10.8 Å². The Balaban J connectivity index is 2.23. The van der Waals surface area contributed by atoms with E-state index in [4.69, 9.17) is 11.6 Å². The first-order chi connectivity index (χ1) is 9.99. The van der Waals surface area contributed by atoms with Crippen molar-refractivity contribution in [2.24, 2.45) is 0 Å². The van der Waals surface area contributed by atoms with Crippen LogP contribution in [0.25, 0.3) is 0 Å². The monoisotopic (exact) mass is 304 g/mol. The number of nitrogens with zero attached hydrogens (tertiary/aromatic N) is 1. The molecule has 0 heterocycles. The van der Waals surface area contributed by atoms with Crippen LogP contribution in [0, 0.1) is 10.1 Å². The SMILES string of the molecule is O=Cc1ccc(NC(=O)c2cc(Cl)cc([N+](=O)[O-])c2)cc1. The molecular formula is C14H9ClN2O4. The van der Waals surface area contributed by atoms with Crippen LogP contribution in [0.15, 0.2) is 42.5 Å². The molecular weight excluding hydrogens is 296 g/mol. The normalized spacial score (nSPS) is 9.95. The number of nitro groups is 1. The standard InChI is InChI=1S/C14H9ClN2O4/c15-11-5-10(6-13(7-11)17(20)21)14(19)16-12-3-1-9(8-18)2-4-12/h1-8H,(H,16,19). The first-order valence-corrected chi connectivity index (χ1v) is 6.19. The van der Waals surface area contributed by atoms with E-state index in [0.29, 0.717) is 17.5 Å². The van der Waals surface area contributed by atoms with E-state index in [-0.39, 0.29) is 16.3 Å². The molecule has 106 valence electrons. The Kier molecular flexibility index (Phi) is 4.30. The predicted octanol–water partition coefficient (Wildman–Crippen LogP) is 3.31. The van der Waals surface area contributed by atoms with Crippen LogP contribution in [0.4, 0.5) is 11.4 Å². The van der Waals surface area contributed by atoms with Gasteiger partial charge in [-0.2, -0.15) is 0 Å². The molecule has 0 aliphatic carbocycles. The molecule has 0 aliphatic rings. The maximum absolute atomic E-state index is 12.0. The fraction of sp³-hybridized carbons (Fsp3) is 0. The minimum absolute atomic E-state index is 0.0775. The van der Waals surface area contributed by atoms with Crippen molar-refractivity contribution in [2.75, 3.05) is 5.32 Å². The summed E-state index contributed by atoms with van der Waals surface area (Å²) in [7, 11) is 0. The van der Waals surface area contributed by atoms with Crippen molar-refractivity contribution in [3.63, 3.8) is 0 Å². The van der Waals surface area contributed by atoms with Gasteiger partial charge in [0, 0.05) is 34.0 Å².